The van der Waals surface area contributed by atoms with Crippen molar-refractivity contribution in [1.82, 2.24) is 10.3 Å². The number of aromatic amines is 1. The molecule has 0 radical (unpaired) electrons. The minimum Gasteiger partial charge on any atom is -0.497 e. The number of carbonyl (C=O) groups excluding carboxylic acids is 2. The third-order valence-corrected chi connectivity index (χ3v) is 4.59. The molecule has 1 aliphatic heterocycles. The predicted molar refractivity (Wildman–Crippen MR) is 96.4 cm³/mol. The molecule has 6 heteroatoms. The summed E-state index contributed by atoms with van der Waals surface area (Å²) in [7, 11) is 1.67. The number of aromatic nitrogens is 1. The van der Waals surface area contributed by atoms with Crippen LogP contribution in [-0.4, -0.2) is 43.4 Å². The lowest BCUT2D eigenvalue weighted by atomic mass is 10.1. The van der Waals surface area contributed by atoms with E-state index in [0.717, 1.165) is 30.9 Å². The van der Waals surface area contributed by atoms with Gasteiger partial charge in [-0.2, -0.15) is 0 Å². The molecule has 2 aromatic rings. The molecule has 1 amide bonds. The smallest absolute Gasteiger partial charge is 0.267 e. The molecule has 132 valence electrons. The lowest BCUT2D eigenvalue weighted by Crippen LogP contribution is -2.31. The molecule has 1 aromatic heterocycles. The number of nitrogens with zero attached hydrogens (tertiary/aromatic N) is 1. The van der Waals surface area contributed by atoms with Crippen molar-refractivity contribution in [3.05, 3.63) is 47.8 Å². The molecule has 0 spiro atoms. The van der Waals surface area contributed by atoms with E-state index in [-0.39, 0.29) is 11.7 Å². The van der Waals surface area contributed by atoms with Crippen LogP contribution in [0, 0.1) is 5.92 Å². The van der Waals surface area contributed by atoms with Gasteiger partial charge in [-0.15, -0.1) is 0 Å². The predicted octanol–water partition coefficient (Wildman–Crippen LogP) is 2.48. The van der Waals surface area contributed by atoms with Crippen LogP contribution in [0.5, 0.6) is 5.75 Å². The van der Waals surface area contributed by atoms with E-state index in [2.05, 4.69) is 21.3 Å². The van der Waals surface area contributed by atoms with Gasteiger partial charge in [-0.05, 0) is 37.5 Å². The van der Waals surface area contributed by atoms with Crippen LogP contribution in [0.25, 0.3) is 0 Å². The largest absolute Gasteiger partial charge is 0.497 e. The second-order valence-electron chi connectivity index (χ2n) is 6.37. The average Bonchev–Trinajstić information content (AvgIpc) is 3.29. The maximum Gasteiger partial charge on any atom is 0.267 e. The number of amides is 1. The molecule has 0 saturated carbocycles. The molecule has 0 unspecified atom stereocenters. The van der Waals surface area contributed by atoms with Gasteiger partial charge in [-0.3, -0.25) is 9.59 Å². The number of Topliss-reactive ketones (excluding diaryl/α,β-unsaturated/α-hetero) is 1. The van der Waals surface area contributed by atoms with E-state index in [1.807, 2.05) is 18.2 Å². The molecule has 0 aliphatic carbocycles. The summed E-state index contributed by atoms with van der Waals surface area (Å²) in [6.45, 7) is 3.96. The zero-order valence-electron chi connectivity index (χ0n) is 14.5. The first-order valence-corrected chi connectivity index (χ1v) is 8.43. The number of carbonyl (C=O) groups is 2. The topological polar surface area (TPSA) is 74.4 Å². The van der Waals surface area contributed by atoms with Gasteiger partial charge < -0.3 is 19.9 Å². The zero-order valence-corrected chi connectivity index (χ0v) is 14.5. The SMILES string of the molecule is COc1cccc(N2CC[C@H](CNC(=O)c3cc(C(C)=O)c[nH]3)C2)c1. The third-order valence-electron chi connectivity index (χ3n) is 4.59. The van der Waals surface area contributed by atoms with E-state index in [9.17, 15) is 9.59 Å². The van der Waals surface area contributed by atoms with Gasteiger partial charge in [0.25, 0.3) is 5.91 Å². The summed E-state index contributed by atoms with van der Waals surface area (Å²) in [4.78, 5) is 28.6. The Hall–Kier alpha value is -2.76. The summed E-state index contributed by atoms with van der Waals surface area (Å²) < 4.78 is 5.28. The van der Waals surface area contributed by atoms with E-state index in [0.29, 0.717) is 23.7 Å². The number of benzene rings is 1. The van der Waals surface area contributed by atoms with Crippen LogP contribution >= 0.6 is 0 Å². The second kappa shape index (κ2) is 7.42. The van der Waals surface area contributed by atoms with E-state index in [4.69, 9.17) is 4.74 Å². The van der Waals surface area contributed by atoms with E-state index < -0.39 is 0 Å². The molecule has 1 aliphatic rings. The Morgan fingerprint density at radius 2 is 2.20 bits per heavy atom. The van der Waals surface area contributed by atoms with Gasteiger partial charge in [-0.1, -0.05) is 6.07 Å². The Kier molecular flexibility index (Phi) is 5.07. The molecule has 3 rings (SSSR count). The number of nitrogens with one attached hydrogen (secondary N) is 2. The lowest BCUT2D eigenvalue weighted by molar-refractivity contribution is 0.0943. The first-order valence-electron chi connectivity index (χ1n) is 8.43. The maximum absolute atomic E-state index is 12.2. The molecule has 1 fully saturated rings. The molecule has 0 bridgehead atoms. The Labute approximate surface area is 147 Å². The number of anilines is 1. The first-order chi connectivity index (χ1) is 12.1. The number of H-pyrrole nitrogens is 1. The van der Waals surface area contributed by atoms with Crippen LogP contribution in [0.15, 0.2) is 36.5 Å². The molecule has 1 aromatic carbocycles. The summed E-state index contributed by atoms with van der Waals surface area (Å²) in [6.07, 6.45) is 2.60. The minimum atomic E-state index is -0.174. The van der Waals surface area contributed by atoms with E-state index in [1.54, 1.807) is 19.4 Å². The highest BCUT2D eigenvalue weighted by atomic mass is 16.5. The Morgan fingerprint density at radius 1 is 1.36 bits per heavy atom. The van der Waals surface area contributed by atoms with Gasteiger partial charge in [0, 0.05) is 43.1 Å². The first kappa shape index (κ1) is 17.1. The van der Waals surface area contributed by atoms with E-state index in [1.165, 1.54) is 6.92 Å². The molecule has 1 saturated heterocycles. The average molecular weight is 341 g/mol. The lowest BCUT2D eigenvalue weighted by Gasteiger charge is -2.19. The van der Waals surface area contributed by atoms with Crippen LogP contribution in [0.4, 0.5) is 5.69 Å². The highest BCUT2D eigenvalue weighted by Crippen LogP contribution is 2.26. The summed E-state index contributed by atoms with van der Waals surface area (Å²) >= 11 is 0. The standard InChI is InChI=1S/C19H23N3O3/c1-13(23)15-8-18(20-11-15)19(24)21-10-14-6-7-22(12-14)16-4-3-5-17(9-16)25-2/h3-5,8-9,11,14,20H,6-7,10,12H2,1-2H3,(H,21,24)/t14-/m1/s1. The van der Waals surface area contributed by atoms with Gasteiger partial charge in [0.1, 0.15) is 11.4 Å². The number of rotatable bonds is 6. The van der Waals surface area contributed by atoms with Crippen molar-refractivity contribution in [2.45, 2.75) is 13.3 Å². The Morgan fingerprint density at radius 3 is 2.92 bits per heavy atom. The number of ether oxygens (including phenoxy) is 1. The molecular weight excluding hydrogens is 318 g/mol. The fourth-order valence-corrected chi connectivity index (χ4v) is 3.10. The summed E-state index contributed by atoms with van der Waals surface area (Å²) in [6, 6.07) is 9.62. The van der Waals surface area contributed by atoms with Crippen LogP contribution in [-0.2, 0) is 0 Å². The monoisotopic (exact) mass is 341 g/mol. The highest BCUT2D eigenvalue weighted by molar-refractivity contribution is 5.99. The third kappa shape index (κ3) is 4.02. The van der Waals surface area contributed by atoms with Crippen molar-refractivity contribution in [1.29, 1.82) is 0 Å². The molecule has 25 heavy (non-hydrogen) atoms. The highest BCUT2D eigenvalue weighted by Gasteiger charge is 2.23. The summed E-state index contributed by atoms with van der Waals surface area (Å²) in [5.41, 5.74) is 2.09. The summed E-state index contributed by atoms with van der Waals surface area (Å²) in [5, 5.41) is 2.95. The number of methoxy groups -OCH3 is 1. The van der Waals surface area contributed by atoms with Crippen LogP contribution in [0.1, 0.15) is 34.2 Å². The fraction of sp³-hybridized carbons (Fsp3) is 0.368. The van der Waals surface area contributed by atoms with Gasteiger partial charge in [-0.25, -0.2) is 0 Å². The molecular formula is C19H23N3O3. The van der Waals surface area contributed by atoms with Crippen LogP contribution in [0.2, 0.25) is 0 Å². The van der Waals surface area contributed by atoms with Gasteiger partial charge in [0.05, 0.1) is 7.11 Å². The molecule has 1 atom stereocenters. The van der Waals surface area contributed by atoms with Crippen molar-refractivity contribution >= 4 is 17.4 Å². The quantitative estimate of drug-likeness (QED) is 0.792. The maximum atomic E-state index is 12.2. The second-order valence-corrected chi connectivity index (χ2v) is 6.37. The molecule has 6 nitrogen and oxygen atoms in total. The number of hydrogen-bond donors (Lipinski definition) is 2. The van der Waals surface area contributed by atoms with Crippen LogP contribution in [0.3, 0.4) is 0 Å². The minimum absolute atomic E-state index is 0.0555. The van der Waals surface area contributed by atoms with Crippen molar-refractivity contribution in [3.8, 4) is 5.75 Å². The molecule has 2 N–H and O–H groups in total. The van der Waals surface area contributed by atoms with Gasteiger partial charge >= 0.3 is 0 Å². The normalized spacial score (nSPS) is 16.7. The van der Waals surface area contributed by atoms with Gasteiger partial charge in [0.2, 0.25) is 0 Å². The van der Waals surface area contributed by atoms with Crippen molar-refractivity contribution in [2.24, 2.45) is 5.92 Å². The van der Waals surface area contributed by atoms with E-state index >= 15 is 0 Å². The fourth-order valence-electron chi connectivity index (χ4n) is 3.10. The number of hydrogen-bond acceptors (Lipinski definition) is 4. The molecule has 2 heterocycles. The van der Waals surface area contributed by atoms with Crippen molar-refractivity contribution in [2.75, 3.05) is 31.6 Å². The Balaban J connectivity index is 1.52. The zero-order chi connectivity index (χ0) is 17.8. The summed E-state index contributed by atoms with van der Waals surface area (Å²) in [5.74, 6) is 1.02. The van der Waals surface area contributed by atoms with Gasteiger partial charge in [0.15, 0.2) is 5.78 Å². The van der Waals surface area contributed by atoms with Crippen LogP contribution < -0.4 is 15.0 Å². The van der Waals surface area contributed by atoms with Crippen molar-refractivity contribution < 1.29 is 14.3 Å². The Bertz CT molecular complexity index is 769. The van der Waals surface area contributed by atoms with Crippen molar-refractivity contribution in [3.63, 3.8) is 0 Å². The number of ketones is 1.